The van der Waals surface area contributed by atoms with Gasteiger partial charge < -0.3 is 10.2 Å². The van der Waals surface area contributed by atoms with E-state index in [1.807, 2.05) is 60.5 Å². The minimum Gasteiger partial charge on any atom is -0.329 e. The van der Waals surface area contributed by atoms with Gasteiger partial charge in [-0.15, -0.1) is 0 Å². The molecule has 0 amide bonds. The number of Topliss-reactive ketones (excluding diaryl/α,β-unsaturated/α-hetero) is 1. The van der Waals surface area contributed by atoms with E-state index in [2.05, 4.69) is 15.3 Å². The van der Waals surface area contributed by atoms with Gasteiger partial charge in [0.1, 0.15) is 5.82 Å². The molecule has 1 aromatic heterocycles. The first-order valence-corrected chi connectivity index (χ1v) is 7.63. The van der Waals surface area contributed by atoms with Crippen molar-refractivity contribution in [3.05, 3.63) is 72.4 Å². The van der Waals surface area contributed by atoms with Crippen LogP contribution in [0.3, 0.4) is 0 Å². The molecule has 24 heavy (non-hydrogen) atoms. The molecule has 5 heteroatoms. The van der Waals surface area contributed by atoms with Gasteiger partial charge in [-0.3, -0.25) is 4.79 Å². The van der Waals surface area contributed by atoms with E-state index < -0.39 is 0 Å². The molecule has 0 radical (unpaired) electrons. The number of nitrogens with zero attached hydrogens (tertiary/aromatic N) is 3. The zero-order valence-corrected chi connectivity index (χ0v) is 13.6. The molecule has 0 aliphatic carbocycles. The van der Waals surface area contributed by atoms with Crippen molar-refractivity contribution >= 4 is 28.9 Å². The molecule has 0 aliphatic heterocycles. The second-order valence-electron chi connectivity index (χ2n) is 5.40. The lowest BCUT2D eigenvalue weighted by atomic mass is 10.1. The Balaban J connectivity index is 1.83. The molecular weight excluding hydrogens is 300 g/mol. The number of hydrogen-bond acceptors (Lipinski definition) is 5. The van der Waals surface area contributed by atoms with Crippen LogP contribution in [0.15, 0.2) is 66.9 Å². The maximum Gasteiger partial charge on any atom is 0.229 e. The summed E-state index contributed by atoms with van der Waals surface area (Å²) in [7, 11) is 1.96. The van der Waals surface area contributed by atoms with Gasteiger partial charge in [-0.1, -0.05) is 30.3 Å². The van der Waals surface area contributed by atoms with Gasteiger partial charge in [0.15, 0.2) is 5.78 Å². The summed E-state index contributed by atoms with van der Waals surface area (Å²) in [5.41, 5.74) is 2.47. The van der Waals surface area contributed by atoms with E-state index in [9.17, 15) is 4.79 Å². The summed E-state index contributed by atoms with van der Waals surface area (Å²) >= 11 is 0. The number of anilines is 4. The van der Waals surface area contributed by atoms with Crippen LogP contribution >= 0.6 is 0 Å². The lowest BCUT2D eigenvalue weighted by Gasteiger charge is -2.18. The topological polar surface area (TPSA) is 58.1 Å². The Morgan fingerprint density at radius 1 is 1.04 bits per heavy atom. The Morgan fingerprint density at radius 2 is 1.83 bits per heavy atom. The van der Waals surface area contributed by atoms with Crippen molar-refractivity contribution in [1.82, 2.24) is 9.97 Å². The largest absolute Gasteiger partial charge is 0.329 e. The molecular formula is C19H18N4O. The van der Waals surface area contributed by atoms with Crippen LogP contribution in [0.1, 0.15) is 17.3 Å². The SMILES string of the molecule is CC(=O)c1cccc(Nc2nccc(N(C)c3ccccc3)n2)c1. The van der Waals surface area contributed by atoms with E-state index in [0.717, 1.165) is 17.2 Å². The summed E-state index contributed by atoms with van der Waals surface area (Å²) in [4.78, 5) is 22.3. The lowest BCUT2D eigenvalue weighted by molar-refractivity contribution is 0.101. The normalized spacial score (nSPS) is 10.2. The van der Waals surface area contributed by atoms with E-state index in [-0.39, 0.29) is 5.78 Å². The van der Waals surface area contributed by atoms with Crippen molar-refractivity contribution < 1.29 is 4.79 Å². The number of nitrogens with one attached hydrogen (secondary N) is 1. The predicted molar refractivity (Wildman–Crippen MR) is 96.3 cm³/mol. The molecule has 3 aromatic rings. The number of aromatic nitrogens is 2. The summed E-state index contributed by atoms with van der Waals surface area (Å²) in [5, 5.41) is 3.14. The van der Waals surface area contributed by atoms with Crippen LogP contribution in [-0.2, 0) is 0 Å². The van der Waals surface area contributed by atoms with Crippen molar-refractivity contribution in [3.8, 4) is 0 Å². The summed E-state index contributed by atoms with van der Waals surface area (Å²) in [5.74, 6) is 1.29. The van der Waals surface area contributed by atoms with E-state index in [1.54, 1.807) is 25.3 Å². The van der Waals surface area contributed by atoms with Gasteiger partial charge in [0, 0.05) is 30.2 Å². The molecule has 0 fully saturated rings. The monoisotopic (exact) mass is 318 g/mol. The minimum absolute atomic E-state index is 0.0251. The maximum atomic E-state index is 11.5. The molecule has 0 atom stereocenters. The van der Waals surface area contributed by atoms with Crippen LogP contribution in [0.25, 0.3) is 0 Å². The lowest BCUT2D eigenvalue weighted by Crippen LogP contribution is -2.12. The Morgan fingerprint density at radius 3 is 2.58 bits per heavy atom. The molecule has 0 saturated carbocycles. The Hall–Kier alpha value is -3.21. The van der Waals surface area contributed by atoms with E-state index in [4.69, 9.17) is 0 Å². The first kappa shape index (κ1) is 15.7. The molecule has 120 valence electrons. The van der Waals surface area contributed by atoms with Crippen molar-refractivity contribution in [2.24, 2.45) is 0 Å². The van der Waals surface area contributed by atoms with Gasteiger partial charge >= 0.3 is 0 Å². The molecule has 0 spiro atoms. The fourth-order valence-electron chi connectivity index (χ4n) is 2.33. The molecule has 2 aromatic carbocycles. The fraction of sp³-hybridized carbons (Fsp3) is 0.105. The molecule has 1 N–H and O–H groups in total. The number of para-hydroxylation sites is 1. The van der Waals surface area contributed by atoms with Crippen LogP contribution < -0.4 is 10.2 Å². The van der Waals surface area contributed by atoms with Gasteiger partial charge in [-0.05, 0) is 37.3 Å². The molecule has 0 saturated heterocycles. The fourth-order valence-corrected chi connectivity index (χ4v) is 2.33. The average Bonchev–Trinajstić information content (AvgIpc) is 2.62. The number of rotatable bonds is 5. The molecule has 1 heterocycles. The Labute approximate surface area is 141 Å². The molecule has 3 rings (SSSR count). The van der Waals surface area contributed by atoms with Crippen molar-refractivity contribution in [2.45, 2.75) is 6.92 Å². The summed E-state index contributed by atoms with van der Waals surface area (Å²) in [6.07, 6.45) is 1.71. The Bertz CT molecular complexity index is 849. The molecule has 5 nitrogen and oxygen atoms in total. The molecule has 0 bridgehead atoms. The van der Waals surface area contributed by atoms with E-state index in [1.165, 1.54) is 0 Å². The highest BCUT2D eigenvalue weighted by atomic mass is 16.1. The van der Waals surface area contributed by atoms with Crippen LogP contribution in [-0.4, -0.2) is 22.8 Å². The second kappa shape index (κ2) is 6.91. The number of benzene rings is 2. The van der Waals surface area contributed by atoms with Gasteiger partial charge in [0.05, 0.1) is 0 Å². The summed E-state index contributed by atoms with van der Waals surface area (Å²) in [6.45, 7) is 1.55. The molecule has 0 unspecified atom stereocenters. The first-order chi connectivity index (χ1) is 11.6. The van der Waals surface area contributed by atoms with Gasteiger partial charge in [0.25, 0.3) is 0 Å². The third-order valence-corrected chi connectivity index (χ3v) is 3.65. The third kappa shape index (κ3) is 3.57. The van der Waals surface area contributed by atoms with Crippen LogP contribution in [0.5, 0.6) is 0 Å². The van der Waals surface area contributed by atoms with Crippen LogP contribution in [0.2, 0.25) is 0 Å². The highest BCUT2D eigenvalue weighted by Gasteiger charge is 2.07. The van der Waals surface area contributed by atoms with Crippen LogP contribution in [0.4, 0.5) is 23.1 Å². The van der Waals surface area contributed by atoms with Crippen molar-refractivity contribution in [3.63, 3.8) is 0 Å². The molecule has 0 aliphatic rings. The Kier molecular flexibility index (Phi) is 4.52. The van der Waals surface area contributed by atoms with Crippen molar-refractivity contribution in [2.75, 3.05) is 17.3 Å². The van der Waals surface area contributed by atoms with Gasteiger partial charge in [-0.25, -0.2) is 4.98 Å². The number of ketones is 1. The quantitative estimate of drug-likeness (QED) is 0.715. The number of carbonyl (C=O) groups excluding carboxylic acids is 1. The highest BCUT2D eigenvalue weighted by molar-refractivity contribution is 5.95. The second-order valence-corrected chi connectivity index (χ2v) is 5.40. The third-order valence-electron chi connectivity index (χ3n) is 3.65. The standard InChI is InChI=1S/C19H18N4O/c1-14(24)15-7-6-8-16(13-15)21-19-20-12-11-18(22-19)23(2)17-9-4-3-5-10-17/h3-13H,1-2H3,(H,20,21,22). The summed E-state index contributed by atoms with van der Waals surface area (Å²) in [6, 6.07) is 19.1. The smallest absolute Gasteiger partial charge is 0.229 e. The van der Waals surface area contributed by atoms with E-state index >= 15 is 0 Å². The van der Waals surface area contributed by atoms with Crippen molar-refractivity contribution in [1.29, 1.82) is 0 Å². The summed E-state index contributed by atoms with van der Waals surface area (Å²) < 4.78 is 0. The predicted octanol–water partition coefficient (Wildman–Crippen LogP) is 4.19. The number of carbonyl (C=O) groups is 1. The minimum atomic E-state index is 0.0251. The van der Waals surface area contributed by atoms with Gasteiger partial charge in [0.2, 0.25) is 5.95 Å². The van der Waals surface area contributed by atoms with Crippen LogP contribution in [0, 0.1) is 0 Å². The maximum absolute atomic E-state index is 11.5. The highest BCUT2D eigenvalue weighted by Crippen LogP contribution is 2.22. The number of hydrogen-bond donors (Lipinski definition) is 1. The zero-order valence-electron chi connectivity index (χ0n) is 13.6. The zero-order chi connectivity index (χ0) is 16.9. The van der Waals surface area contributed by atoms with Gasteiger partial charge in [-0.2, -0.15) is 4.98 Å². The first-order valence-electron chi connectivity index (χ1n) is 7.63. The van der Waals surface area contributed by atoms with E-state index in [0.29, 0.717) is 11.5 Å². The average molecular weight is 318 g/mol.